The van der Waals surface area contributed by atoms with Gasteiger partial charge in [-0.15, -0.1) is 0 Å². The van der Waals surface area contributed by atoms with Crippen LogP contribution in [0.2, 0.25) is 5.02 Å². The molecule has 0 unspecified atom stereocenters. The molecule has 0 aliphatic carbocycles. The van der Waals surface area contributed by atoms with Gasteiger partial charge in [-0.3, -0.25) is 8.75 Å². The first-order valence-electron chi connectivity index (χ1n) is 8.26. The predicted molar refractivity (Wildman–Crippen MR) is 104 cm³/mol. The lowest BCUT2D eigenvalue weighted by molar-refractivity contribution is 0.0996. The van der Waals surface area contributed by atoms with E-state index in [4.69, 9.17) is 16.3 Å². The Kier molecular flexibility index (Phi) is 6.12. The molecule has 2 rings (SSSR count). The van der Waals surface area contributed by atoms with Gasteiger partial charge in [0.1, 0.15) is 10.4 Å². The van der Waals surface area contributed by atoms with Gasteiger partial charge in [0, 0.05) is 22.3 Å². The lowest BCUT2D eigenvalue weighted by Gasteiger charge is -2.19. The van der Waals surface area contributed by atoms with Crippen molar-refractivity contribution in [1.82, 2.24) is 3.96 Å². The van der Waals surface area contributed by atoms with Crippen LogP contribution in [0.3, 0.4) is 0 Å². The minimum absolute atomic E-state index is 0.0546. The van der Waals surface area contributed by atoms with E-state index in [2.05, 4.69) is 49.8 Å². The number of hydrogen-bond acceptors (Lipinski definition) is 3. The van der Waals surface area contributed by atoms with Crippen molar-refractivity contribution < 1.29 is 9.53 Å². The van der Waals surface area contributed by atoms with Gasteiger partial charge in [0.05, 0.1) is 12.7 Å². The number of rotatable bonds is 4. The molecule has 4 nitrogen and oxygen atoms in total. The molecule has 0 saturated carbocycles. The molecule has 0 spiro atoms. The summed E-state index contributed by atoms with van der Waals surface area (Å²) in [4.78, 5) is 17.1. The van der Waals surface area contributed by atoms with Crippen LogP contribution >= 0.6 is 23.1 Å². The number of hydrogen-bond donors (Lipinski definition) is 0. The van der Waals surface area contributed by atoms with Crippen molar-refractivity contribution in [2.24, 2.45) is 10.9 Å². The maximum Gasteiger partial charge on any atom is 0.282 e. The van der Waals surface area contributed by atoms with Gasteiger partial charge in [-0.25, -0.2) is 0 Å². The Bertz CT molecular complexity index is 829. The third-order valence-corrected chi connectivity index (χ3v) is 5.23. The highest BCUT2D eigenvalue weighted by Gasteiger charge is 2.18. The van der Waals surface area contributed by atoms with Crippen molar-refractivity contribution in [3.05, 3.63) is 45.2 Å². The van der Waals surface area contributed by atoms with Crippen LogP contribution in [0.15, 0.2) is 29.4 Å². The zero-order chi connectivity index (χ0) is 18.8. The van der Waals surface area contributed by atoms with E-state index in [1.54, 1.807) is 18.2 Å². The SMILES string of the molecule is COc1ccc(Cl)cc1C(=O)N=c1sn(C(C)(C)C)cc1CC(C)C. The normalized spacial score (nSPS) is 12.7. The molecule has 0 bridgehead atoms. The fraction of sp³-hybridized carbons (Fsp3) is 0.474. The van der Waals surface area contributed by atoms with E-state index < -0.39 is 0 Å². The largest absolute Gasteiger partial charge is 0.496 e. The van der Waals surface area contributed by atoms with E-state index in [0.717, 1.165) is 16.7 Å². The molecule has 1 heterocycles. The van der Waals surface area contributed by atoms with Crippen molar-refractivity contribution in [2.75, 3.05) is 7.11 Å². The second-order valence-electron chi connectivity index (χ2n) is 7.41. The smallest absolute Gasteiger partial charge is 0.282 e. The summed E-state index contributed by atoms with van der Waals surface area (Å²) in [7, 11) is 1.53. The molecule has 0 saturated heterocycles. The van der Waals surface area contributed by atoms with Crippen LogP contribution in [0.4, 0.5) is 0 Å². The zero-order valence-electron chi connectivity index (χ0n) is 15.6. The average Bonchev–Trinajstić information content (AvgIpc) is 2.89. The number of benzene rings is 1. The summed E-state index contributed by atoms with van der Waals surface area (Å²) in [6, 6.07) is 4.98. The average molecular weight is 381 g/mol. The number of carbonyl (C=O) groups excluding carboxylic acids is 1. The number of amides is 1. The fourth-order valence-electron chi connectivity index (χ4n) is 2.38. The van der Waals surface area contributed by atoms with E-state index >= 15 is 0 Å². The Labute approximate surface area is 158 Å². The molecule has 0 atom stereocenters. The van der Waals surface area contributed by atoms with Crippen molar-refractivity contribution in [2.45, 2.75) is 46.6 Å². The predicted octanol–water partition coefficient (Wildman–Crippen LogP) is 4.91. The van der Waals surface area contributed by atoms with Crippen molar-refractivity contribution in [3.8, 4) is 5.75 Å². The summed E-state index contributed by atoms with van der Waals surface area (Å²) >= 11 is 7.54. The van der Waals surface area contributed by atoms with Crippen molar-refractivity contribution in [1.29, 1.82) is 0 Å². The standard InChI is InChI=1S/C19H25ClN2O2S/c1-12(2)9-13-11-22(19(3,4)5)25-18(13)21-17(23)15-10-14(20)7-8-16(15)24-6/h7-8,10-12H,9H2,1-6H3. The Morgan fingerprint density at radius 1 is 1.36 bits per heavy atom. The highest BCUT2D eigenvalue weighted by Crippen LogP contribution is 2.24. The number of halogens is 1. The molecule has 6 heteroatoms. The molecular weight excluding hydrogens is 356 g/mol. The van der Waals surface area contributed by atoms with E-state index in [1.165, 1.54) is 18.6 Å². The van der Waals surface area contributed by atoms with E-state index in [-0.39, 0.29) is 11.4 Å². The molecule has 0 fully saturated rings. The minimum Gasteiger partial charge on any atom is -0.496 e. The molecular formula is C19H25ClN2O2S. The van der Waals surface area contributed by atoms with Gasteiger partial charge in [0.25, 0.3) is 5.91 Å². The minimum atomic E-state index is -0.340. The van der Waals surface area contributed by atoms with Gasteiger partial charge in [-0.05, 0) is 62.8 Å². The molecule has 136 valence electrons. The van der Waals surface area contributed by atoms with Crippen molar-refractivity contribution in [3.63, 3.8) is 0 Å². The number of nitrogens with zero attached hydrogens (tertiary/aromatic N) is 2. The van der Waals surface area contributed by atoms with Gasteiger partial charge in [-0.1, -0.05) is 25.4 Å². The molecule has 1 amide bonds. The molecule has 0 N–H and O–H groups in total. The van der Waals surface area contributed by atoms with Crippen LogP contribution in [0.5, 0.6) is 5.75 Å². The zero-order valence-corrected chi connectivity index (χ0v) is 17.2. The van der Waals surface area contributed by atoms with Gasteiger partial charge < -0.3 is 4.74 Å². The molecule has 25 heavy (non-hydrogen) atoms. The second kappa shape index (κ2) is 7.75. The molecule has 2 aromatic rings. The lowest BCUT2D eigenvalue weighted by atomic mass is 10.1. The third kappa shape index (κ3) is 4.95. The van der Waals surface area contributed by atoms with Crippen LogP contribution in [-0.2, 0) is 12.0 Å². The Morgan fingerprint density at radius 3 is 2.60 bits per heavy atom. The lowest BCUT2D eigenvalue weighted by Crippen LogP contribution is -2.18. The first-order valence-corrected chi connectivity index (χ1v) is 9.42. The maximum atomic E-state index is 12.7. The van der Waals surface area contributed by atoms with Crippen LogP contribution < -0.4 is 9.41 Å². The molecule has 0 radical (unpaired) electrons. The number of ether oxygens (including phenoxy) is 1. The highest BCUT2D eigenvalue weighted by atomic mass is 35.5. The highest BCUT2D eigenvalue weighted by molar-refractivity contribution is 7.04. The first-order chi connectivity index (χ1) is 11.6. The van der Waals surface area contributed by atoms with Gasteiger partial charge in [0.2, 0.25) is 0 Å². The number of methoxy groups -OCH3 is 1. The van der Waals surface area contributed by atoms with Crippen LogP contribution in [0.1, 0.15) is 50.5 Å². The monoisotopic (exact) mass is 380 g/mol. The summed E-state index contributed by atoms with van der Waals surface area (Å²) < 4.78 is 8.16. The van der Waals surface area contributed by atoms with Crippen molar-refractivity contribution >= 4 is 29.0 Å². The first kappa shape index (κ1) is 19.7. The maximum absolute atomic E-state index is 12.7. The second-order valence-corrected chi connectivity index (χ2v) is 8.81. The Hall–Kier alpha value is -1.59. The topological polar surface area (TPSA) is 43.6 Å². The summed E-state index contributed by atoms with van der Waals surface area (Å²) in [5.74, 6) is 0.615. The summed E-state index contributed by atoms with van der Waals surface area (Å²) in [6.07, 6.45) is 2.98. The third-order valence-electron chi connectivity index (χ3n) is 3.62. The van der Waals surface area contributed by atoms with E-state index in [0.29, 0.717) is 22.3 Å². The molecule has 0 aliphatic heterocycles. The van der Waals surface area contributed by atoms with Crippen LogP contribution in [-0.4, -0.2) is 17.0 Å². The van der Waals surface area contributed by atoms with Crippen LogP contribution in [0.25, 0.3) is 0 Å². The van der Waals surface area contributed by atoms with Gasteiger partial charge in [-0.2, -0.15) is 4.99 Å². The number of aromatic nitrogens is 1. The van der Waals surface area contributed by atoms with Gasteiger partial charge in [0.15, 0.2) is 0 Å². The quantitative estimate of drug-likeness (QED) is 0.756. The Balaban J connectivity index is 2.54. The van der Waals surface area contributed by atoms with E-state index in [1.807, 2.05) is 0 Å². The molecule has 0 aliphatic rings. The summed E-state index contributed by atoms with van der Waals surface area (Å²) in [5.41, 5.74) is 1.41. The number of carbonyl (C=O) groups is 1. The van der Waals surface area contributed by atoms with Gasteiger partial charge >= 0.3 is 0 Å². The molecule has 1 aromatic heterocycles. The summed E-state index contributed by atoms with van der Waals surface area (Å²) in [5, 5.41) is 0.484. The Morgan fingerprint density at radius 2 is 2.04 bits per heavy atom. The van der Waals surface area contributed by atoms with E-state index in [9.17, 15) is 4.79 Å². The fourth-order valence-corrected chi connectivity index (χ4v) is 3.57. The molecule has 1 aromatic carbocycles. The summed E-state index contributed by atoms with van der Waals surface area (Å²) in [6.45, 7) is 10.7. The van der Waals surface area contributed by atoms with Crippen LogP contribution in [0, 0.1) is 5.92 Å².